The molecule has 2 aliphatic rings. The van der Waals surface area contributed by atoms with E-state index in [0.29, 0.717) is 23.2 Å². The number of fused-ring (bicyclic) bond motifs is 1. The summed E-state index contributed by atoms with van der Waals surface area (Å²) in [6, 6.07) is 9.47. The number of rotatable bonds is 4. The summed E-state index contributed by atoms with van der Waals surface area (Å²) in [4.78, 5) is 24.1. The number of hydrogen-bond donors (Lipinski definition) is 2. The number of hydrogen-bond acceptors (Lipinski definition) is 4. The van der Waals surface area contributed by atoms with Gasteiger partial charge in [-0.15, -0.1) is 0 Å². The van der Waals surface area contributed by atoms with Gasteiger partial charge in [0.1, 0.15) is 17.4 Å². The van der Waals surface area contributed by atoms with Gasteiger partial charge in [0.15, 0.2) is 6.61 Å². The van der Waals surface area contributed by atoms with E-state index in [-0.39, 0.29) is 18.1 Å². The molecule has 2 aromatic rings. The maximum absolute atomic E-state index is 12.6. The van der Waals surface area contributed by atoms with E-state index in [2.05, 4.69) is 15.2 Å². The summed E-state index contributed by atoms with van der Waals surface area (Å²) in [5, 5.41) is 14.9. The van der Waals surface area contributed by atoms with E-state index in [9.17, 15) is 14.9 Å². The Kier molecular flexibility index (Phi) is 4.40. The molecule has 1 saturated carbocycles. The predicted octanol–water partition coefficient (Wildman–Crippen LogP) is 3.32. The minimum absolute atomic E-state index is 0.0223. The third kappa shape index (κ3) is 3.37. The molecule has 2 N–H and O–H groups in total. The summed E-state index contributed by atoms with van der Waals surface area (Å²) in [6.07, 6.45) is 3.97. The second kappa shape index (κ2) is 6.89. The number of carbonyl (C=O) groups is 2. The molecule has 1 aliphatic heterocycles. The quantitative estimate of drug-likeness (QED) is 0.632. The molecule has 0 bridgehead atoms. The van der Waals surface area contributed by atoms with Gasteiger partial charge in [0.25, 0.3) is 11.8 Å². The molecule has 2 heterocycles. The van der Waals surface area contributed by atoms with Crippen molar-refractivity contribution in [1.82, 2.24) is 4.57 Å². The molecule has 0 saturated heterocycles. The highest BCUT2D eigenvalue weighted by Crippen LogP contribution is 2.38. The summed E-state index contributed by atoms with van der Waals surface area (Å²) in [7, 11) is 0. The van der Waals surface area contributed by atoms with Crippen LogP contribution in [-0.4, -0.2) is 23.0 Å². The third-order valence-corrected chi connectivity index (χ3v) is 4.97. The van der Waals surface area contributed by atoms with Crippen molar-refractivity contribution >= 4 is 29.3 Å². The van der Waals surface area contributed by atoms with Crippen LogP contribution in [0.4, 0.5) is 11.4 Å². The molecule has 28 heavy (non-hydrogen) atoms. The van der Waals surface area contributed by atoms with E-state index in [1.165, 1.54) is 12.8 Å². The average Bonchev–Trinajstić information content (AvgIpc) is 3.45. The lowest BCUT2D eigenvalue weighted by Crippen LogP contribution is -2.25. The first-order valence-electron chi connectivity index (χ1n) is 9.14. The van der Waals surface area contributed by atoms with Crippen LogP contribution in [0.1, 0.15) is 35.8 Å². The summed E-state index contributed by atoms with van der Waals surface area (Å²) < 4.78 is 7.57. The average molecular weight is 376 g/mol. The molecular formula is C21H20N4O3. The monoisotopic (exact) mass is 376 g/mol. The van der Waals surface area contributed by atoms with Gasteiger partial charge in [-0.2, -0.15) is 5.26 Å². The van der Waals surface area contributed by atoms with E-state index in [4.69, 9.17) is 4.74 Å². The molecule has 0 spiro atoms. The lowest BCUT2D eigenvalue weighted by Gasteiger charge is -2.18. The van der Waals surface area contributed by atoms with E-state index >= 15 is 0 Å². The van der Waals surface area contributed by atoms with Crippen LogP contribution in [0.2, 0.25) is 0 Å². The topological polar surface area (TPSA) is 96.2 Å². The Morgan fingerprint density at radius 2 is 2.14 bits per heavy atom. The Hall–Kier alpha value is -3.53. The molecule has 7 heteroatoms. The number of ether oxygens (including phenoxy) is 1. The van der Waals surface area contributed by atoms with Crippen molar-refractivity contribution in [2.75, 3.05) is 17.2 Å². The summed E-state index contributed by atoms with van der Waals surface area (Å²) in [5.41, 5.74) is 4.06. The Labute approximate surface area is 162 Å². The number of anilines is 2. The van der Waals surface area contributed by atoms with Crippen molar-refractivity contribution in [2.24, 2.45) is 0 Å². The highest BCUT2D eigenvalue weighted by Gasteiger charge is 2.27. The van der Waals surface area contributed by atoms with Crippen LogP contribution in [0.15, 0.2) is 29.8 Å². The van der Waals surface area contributed by atoms with Crippen LogP contribution in [0.3, 0.4) is 0 Å². The minimum Gasteiger partial charge on any atom is -0.482 e. The van der Waals surface area contributed by atoms with Gasteiger partial charge < -0.3 is 19.9 Å². The first-order valence-corrected chi connectivity index (χ1v) is 9.14. The lowest BCUT2D eigenvalue weighted by molar-refractivity contribution is -0.118. The number of amides is 2. The summed E-state index contributed by atoms with van der Waals surface area (Å²) in [5.74, 6) is -0.206. The van der Waals surface area contributed by atoms with Crippen molar-refractivity contribution in [1.29, 1.82) is 5.26 Å². The zero-order valence-electron chi connectivity index (χ0n) is 15.7. The Bertz CT molecular complexity index is 1050. The van der Waals surface area contributed by atoms with E-state index in [1.807, 2.05) is 26.0 Å². The first-order chi connectivity index (χ1) is 13.5. The van der Waals surface area contributed by atoms with E-state index < -0.39 is 5.91 Å². The zero-order valence-corrected chi connectivity index (χ0v) is 15.7. The molecule has 1 aromatic carbocycles. The van der Waals surface area contributed by atoms with E-state index in [1.54, 1.807) is 24.3 Å². The highest BCUT2D eigenvalue weighted by molar-refractivity contribution is 6.10. The van der Waals surface area contributed by atoms with Crippen molar-refractivity contribution in [3.8, 4) is 11.8 Å². The number of aromatic nitrogens is 1. The Morgan fingerprint density at radius 3 is 2.86 bits per heavy atom. The number of carbonyl (C=O) groups excluding carboxylic acids is 2. The van der Waals surface area contributed by atoms with E-state index in [0.717, 1.165) is 17.0 Å². The van der Waals surface area contributed by atoms with Crippen LogP contribution in [-0.2, 0) is 9.59 Å². The molecule has 0 atom stereocenters. The first kappa shape index (κ1) is 17.9. The minimum atomic E-state index is -0.498. The third-order valence-electron chi connectivity index (χ3n) is 4.97. The molecular weight excluding hydrogens is 356 g/mol. The molecule has 2 amide bonds. The fourth-order valence-electron chi connectivity index (χ4n) is 3.51. The second-order valence-corrected chi connectivity index (χ2v) is 7.10. The molecule has 0 radical (unpaired) electrons. The Balaban J connectivity index is 1.56. The molecule has 142 valence electrons. The van der Waals surface area contributed by atoms with Gasteiger partial charge in [-0.05, 0) is 62.6 Å². The lowest BCUT2D eigenvalue weighted by atomic mass is 10.1. The van der Waals surface area contributed by atoms with Gasteiger partial charge in [0.05, 0.1) is 5.69 Å². The molecule has 1 fully saturated rings. The number of nitrogens with one attached hydrogen (secondary N) is 2. The molecule has 1 aliphatic carbocycles. The van der Waals surface area contributed by atoms with Crippen LogP contribution < -0.4 is 15.4 Å². The number of nitriles is 1. The highest BCUT2D eigenvalue weighted by atomic mass is 16.5. The predicted molar refractivity (Wildman–Crippen MR) is 105 cm³/mol. The Morgan fingerprint density at radius 1 is 1.36 bits per heavy atom. The van der Waals surface area contributed by atoms with Crippen LogP contribution in [0.5, 0.6) is 5.75 Å². The number of benzene rings is 1. The maximum Gasteiger partial charge on any atom is 0.266 e. The van der Waals surface area contributed by atoms with Gasteiger partial charge in [0.2, 0.25) is 0 Å². The molecule has 7 nitrogen and oxygen atoms in total. The summed E-state index contributed by atoms with van der Waals surface area (Å²) in [6.45, 7) is 4.02. The fraction of sp³-hybridized carbons (Fsp3) is 0.286. The van der Waals surface area contributed by atoms with Crippen molar-refractivity contribution < 1.29 is 14.3 Å². The number of aryl methyl sites for hydroxylation is 1. The second-order valence-electron chi connectivity index (χ2n) is 7.10. The SMILES string of the molecule is Cc1cc(C=C(C#N)C(=O)Nc2ccc3c(c2)NC(=O)CO3)c(C)n1C1CC1. The van der Waals surface area contributed by atoms with Gasteiger partial charge in [-0.1, -0.05) is 0 Å². The van der Waals surface area contributed by atoms with Crippen LogP contribution in [0, 0.1) is 25.2 Å². The fourth-order valence-corrected chi connectivity index (χ4v) is 3.51. The molecule has 0 unspecified atom stereocenters. The van der Waals surface area contributed by atoms with Crippen LogP contribution in [0.25, 0.3) is 6.08 Å². The van der Waals surface area contributed by atoms with Crippen molar-refractivity contribution in [3.63, 3.8) is 0 Å². The molecule has 4 rings (SSSR count). The maximum atomic E-state index is 12.6. The van der Waals surface area contributed by atoms with Gasteiger partial charge in [0, 0.05) is 23.1 Å². The number of nitrogens with zero attached hydrogens (tertiary/aromatic N) is 2. The normalized spacial score (nSPS) is 15.9. The largest absolute Gasteiger partial charge is 0.482 e. The standard InChI is InChI=1S/C21H20N4O3/c1-12-7-14(13(2)25(12)17-4-5-17)8-15(10-22)21(27)23-16-3-6-19-18(9-16)24-20(26)11-28-19/h3,6-9,17H,4-5,11H2,1-2H3,(H,23,27)(H,24,26). The molecule has 1 aromatic heterocycles. The smallest absolute Gasteiger partial charge is 0.266 e. The van der Waals surface area contributed by atoms with Crippen molar-refractivity contribution in [2.45, 2.75) is 32.7 Å². The van der Waals surface area contributed by atoms with Gasteiger partial charge in [-0.25, -0.2) is 0 Å². The van der Waals surface area contributed by atoms with Gasteiger partial charge in [-0.3, -0.25) is 9.59 Å². The van der Waals surface area contributed by atoms with Crippen LogP contribution >= 0.6 is 0 Å². The van der Waals surface area contributed by atoms with Crippen molar-refractivity contribution in [3.05, 3.63) is 46.8 Å². The summed E-state index contributed by atoms with van der Waals surface area (Å²) >= 11 is 0. The zero-order chi connectivity index (χ0) is 19.8. The van der Waals surface area contributed by atoms with Gasteiger partial charge >= 0.3 is 0 Å².